The van der Waals surface area contributed by atoms with Crippen LogP contribution in [0.5, 0.6) is 0 Å². The van der Waals surface area contributed by atoms with Gasteiger partial charge in [0.2, 0.25) is 0 Å². The highest BCUT2D eigenvalue weighted by molar-refractivity contribution is 9.10. The molecule has 4 rings (SSSR count). The zero-order valence-corrected chi connectivity index (χ0v) is 14.5. The first kappa shape index (κ1) is 14.9. The Balaban J connectivity index is 1.83. The first-order valence-electron chi connectivity index (χ1n) is 7.56. The van der Waals surface area contributed by atoms with Gasteiger partial charge in [-0.15, -0.1) is 0 Å². The second-order valence-corrected chi connectivity index (χ2v) is 6.56. The highest BCUT2D eigenvalue weighted by atomic mass is 79.9. The van der Waals surface area contributed by atoms with Gasteiger partial charge in [-0.2, -0.15) is 0 Å². The third-order valence-corrected chi connectivity index (χ3v) is 4.54. The molecule has 0 fully saturated rings. The monoisotopic (exact) mass is 379 g/mol. The molecule has 0 spiro atoms. The maximum atomic E-state index is 12.8. The summed E-state index contributed by atoms with van der Waals surface area (Å²) in [5, 5.41) is 3.14. The Labute approximate surface area is 147 Å². The van der Waals surface area contributed by atoms with E-state index >= 15 is 0 Å². The number of H-pyrrole nitrogens is 1. The van der Waals surface area contributed by atoms with Gasteiger partial charge in [0, 0.05) is 27.5 Å². The maximum Gasteiger partial charge on any atom is 0.278 e. The largest absolute Gasteiger partial charge is 0.295 e. The molecular formula is C19H14BrN3O. The molecule has 0 radical (unpaired) electrons. The number of hydrogen-bond acceptors (Lipinski definition) is 2. The van der Waals surface area contributed by atoms with E-state index in [4.69, 9.17) is 0 Å². The third kappa shape index (κ3) is 2.47. The predicted octanol–water partition coefficient (Wildman–Crippen LogP) is 4.49. The van der Waals surface area contributed by atoms with Crippen LogP contribution >= 0.6 is 15.9 Å². The zero-order valence-electron chi connectivity index (χ0n) is 13.0. The first-order valence-corrected chi connectivity index (χ1v) is 8.35. The molecule has 118 valence electrons. The van der Waals surface area contributed by atoms with Crippen LogP contribution in [-0.4, -0.2) is 16.0 Å². The molecule has 3 aromatic rings. The van der Waals surface area contributed by atoms with Crippen LogP contribution in [0.15, 0.2) is 62.8 Å². The van der Waals surface area contributed by atoms with Crippen molar-refractivity contribution >= 4 is 39.5 Å². The molecule has 0 bridgehead atoms. The van der Waals surface area contributed by atoms with Crippen LogP contribution in [0.2, 0.25) is 0 Å². The number of fused-ring (bicyclic) bond motifs is 1. The average molecular weight is 380 g/mol. The molecule has 0 aliphatic carbocycles. The number of aryl methyl sites for hydroxylation is 1. The molecule has 1 aliphatic rings. The normalized spacial score (nSPS) is 14.3. The lowest BCUT2D eigenvalue weighted by Crippen LogP contribution is -2.15. The van der Waals surface area contributed by atoms with E-state index in [2.05, 4.69) is 26.0 Å². The van der Waals surface area contributed by atoms with E-state index in [1.165, 1.54) is 0 Å². The van der Waals surface area contributed by atoms with Crippen LogP contribution in [0.25, 0.3) is 17.3 Å². The second-order valence-electron chi connectivity index (χ2n) is 5.65. The predicted molar refractivity (Wildman–Crippen MR) is 101 cm³/mol. The minimum absolute atomic E-state index is 0.0666. The van der Waals surface area contributed by atoms with E-state index in [-0.39, 0.29) is 5.56 Å². The van der Waals surface area contributed by atoms with Crippen molar-refractivity contribution in [3.8, 4) is 5.69 Å². The Morgan fingerprint density at radius 1 is 1.17 bits per heavy atom. The summed E-state index contributed by atoms with van der Waals surface area (Å²) in [7, 11) is 0. The van der Waals surface area contributed by atoms with Crippen LogP contribution in [0.4, 0.5) is 5.69 Å². The molecule has 0 saturated heterocycles. The number of aromatic amines is 1. The van der Waals surface area contributed by atoms with Crippen molar-refractivity contribution in [2.24, 2.45) is 4.99 Å². The molecule has 0 saturated carbocycles. The molecule has 5 heteroatoms. The standard InChI is InChI=1S/C19H14BrN3O/c1-12-16(19(24)23(22-12)15-5-3-2-4-6-15)9-13-11-21-18-8-7-14(20)10-17(13)18/h2-11,22H,1H3/b13-9+. The fourth-order valence-electron chi connectivity index (χ4n) is 2.82. The Bertz CT molecular complexity index is 1040. The van der Waals surface area contributed by atoms with Crippen molar-refractivity contribution in [2.75, 3.05) is 0 Å². The Morgan fingerprint density at radius 2 is 1.96 bits per heavy atom. The topological polar surface area (TPSA) is 50.1 Å². The number of allylic oxidation sites excluding steroid dienone is 1. The molecule has 2 aromatic carbocycles. The molecule has 0 atom stereocenters. The molecule has 24 heavy (non-hydrogen) atoms. The average Bonchev–Trinajstić information content (AvgIpc) is 3.11. The number of para-hydroxylation sites is 1. The Morgan fingerprint density at radius 3 is 2.75 bits per heavy atom. The van der Waals surface area contributed by atoms with E-state index in [1.807, 2.05) is 61.5 Å². The van der Waals surface area contributed by atoms with Gasteiger partial charge in [-0.3, -0.25) is 14.9 Å². The smallest absolute Gasteiger partial charge is 0.278 e. The maximum absolute atomic E-state index is 12.8. The van der Waals surface area contributed by atoms with Crippen LogP contribution in [0.1, 0.15) is 16.8 Å². The second kappa shape index (κ2) is 5.76. The van der Waals surface area contributed by atoms with Gasteiger partial charge >= 0.3 is 0 Å². The zero-order chi connectivity index (χ0) is 16.7. The summed E-state index contributed by atoms with van der Waals surface area (Å²) in [5.41, 5.74) is 5.10. The van der Waals surface area contributed by atoms with Gasteiger partial charge in [0.25, 0.3) is 5.56 Å². The van der Waals surface area contributed by atoms with Gasteiger partial charge in [0.1, 0.15) is 0 Å². The summed E-state index contributed by atoms with van der Waals surface area (Å²) in [6.45, 7) is 1.90. The number of nitrogens with one attached hydrogen (secondary N) is 1. The van der Waals surface area contributed by atoms with Crippen molar-refractivity contribution in [1.82, 2.24) is 9.78 Å². The molecule has 1 aromatic heterocycles. The summed E-state index contributed by atoms with van der Waals surface area (Å²) in [6, 6.07) is 15.5. The molecule has 4 nitrogen and oxygen atoms in total. The van der Waals surface area contributed by atoms with E-state index in [1.54, 1.807) is 10.9 Å². The number of halogens is 1. The van der Waals surface area contributed by atoms with Gasteiger partial charge in [-0.25, -0.2) is 4.68 Å². The Hall–Kier alpha value is -2.66. The van der Waals surface area contributed by atoms with Gasteiger partial charge in [-0.1, -0.05) is 34.1 Å². The molecule has 1 N–H and O–H groups in total. The van der Waals surface area contributed by atoms with E-state index in [9.17, 15) is 4.79 Å². The summed E-state index contributed by atoms with van der Waals surface area (Å²) in [5.74, 6) is 0. The van der Waals surface area contributed by atoms with E-state index in [0.29, 0.717) is 5.56 Å². The van der Waals surface area contributed by atoms with Crippen molar-refractivity contribution in [1.29, 1.82) is 0 Å². The quantitative estimate of drug-likeness (QED) is 0.700. The fourth-order valence-corrected chi connectivity index (χ4v) is 3.18. The minimum Gasteiger partial charge on any atom is -0.295 e. The van der Waals surface area contributed by atoms with Crippen LogP contribution < -0.4 is 5.56 Å². The molecule has 2 heterocycles. The van der Waals surface area contributed by atoms with E-state index < -0.39 is 0 Å². The molecule has 0 amide bonds. The highest BCUT2D eigenvalue weighted by Gasteiger charge is 2.16. The number of aliphatic imine (C=N–C) groups is 1. The van der Waals surface area contributed by atoms with Crippen LogP contribution in [-0.2, 0) is 0 Å². The number of nitrogens with zero attached hydrogens (tertiary/aromatic N) is 2. The lowest BCUT2D eigenvalue weighted by atomic mass is 10.0. The highest BCUT2D eigenvalue weighted by Crippen LogP contribution is 2.34. The van der Waals surface area contributed by atoms with Crippen molar-refractivity contribution in [3.05, 3.63) is 80.2 Å². The molecule has 0 unspecified atom stereocenters. The molecule has 1 aliphatic heterocycles. The minimum atomic E-state index is -0.0666. The van der Waals surface area contributed by atoms with Crippen molar-refractivity contribution in [2.45, 2.75) is 6.92 Å². The summed E-state index contributed by atoms with van der Waals surface area (Å²) >= 11 is 3.49. The first-order chi connectivity index (χ1) is 11.6. The van der Waals surface area contributed by atoms with Crippen LogP contribution in [0.3, 0.4) is 0 Å². The Kier molecular flexibility index (Phi) is 3.58. The van der Waals surface area contributed by atoms with Crippen molar-refractivity contribution < 1.29 is 0 Å². The fraction of sp³-hybridized carbons (Fsp3) is 0.0526. The number of benzene rings is 2. The van der Waals surface area contributed by atoms with Gasteiger partial charge in [0.15, 0.2) is 0 Å². The summed E-state index contributed by atoms with van der Waals surface area (Å²) < 4.78 is 2.56. The van der Waals surface area contributed by atoms with Crippen molar-refractivity contribution in [3.63, 3.8) is 0 Å². The SMILES string of the molecule is Cc1[nH]n(-c2ccccc2)c(=O)c1/C=C1\C=Nc2ccc(Br)cc21. The van der Waals surface area contributed by atoms with Gasteiger partial charge in [0.05, 0.1) is 16.9 Å². The summed E-state index contributed by atoms with van der Waals surface area (Å²) in [6.07, 6.45) is 3.70. The number of hydrogen-bond donors (Lipinski definition) is 1. The number of aromatic nitrogens is 2. The number of rotatable bonds is 2. The summed E-state index contributed by atoms with van der Waals surface area (Å²) in [4.78, 5) is 17.2. The lowest BCUT2D eigenvalue weighted by Gasteiger charge is -2.00. The molecular weight excluding hydrogens is 366 g/mol. The lowest BCUT2D eigenvalue weighted by molar-refractivity contribution is 0.835. The third-order valence-electron chi connectivity index (χ3n) is 4.04. The van der Waals surface area contributed by atoms with Crippen LogP contribution in [0, 0.1) is 6.92 Å². The van der Waals surface area contributed by atoms with Gasteiger partial charge in [-0.05, 0) is 43.3 Å². The van der Waals surface area contributed by atoms with Gasteiger partial charge < -0.3 is 0 Å². The van der Waals surface area contributed by atoms with E-state index in [0.717, 1.165) is 32.7 Å².